The molecule has 1 N–H and O–H groups in total. The van der Waals surface area contributed by atoms with Crippen LogP contribution in [0.2, 0.25) is 0 Å². The molecule has 0 aliphatic rings. The quantitative estimate of drug-likeness (QED) is 0.420. The fourth-order valence-electron chi connectivity index (χ4n) is 3.60. The van der Waals surface area contributed by atoms with Gasteiger partial charge in [-0.15, -0.1) is 11.3 Å². The molecule has 0 bridgehead atoms. The summed E-state index contributed by atoms with van der Waals surface area (Å²) in [6.07, 6.45) is 1.59. The van der Waals surface area contributed by atoms with Gasteiger partial charge in [0.15, 0.2) is 11.4 Å². The number of hydrogen-bond acceptors (Lipinski definition) is 5. The fraction of sp³-hybridized carbons (Fsp3) is 0.0870. The molecular formula is C23H18N4O2S. The highest BCUT2D eigenvalue weighted by Crippen LogP contribution is 2.33. The van der Waals surface area contributed by atoms with E-state index in [2.05, 4.69) is 15.4 Å². The molecule has 6 nitrogen and oxygen atoms in total. The van der Waals surface area contributed by atoms with E-state index in [0.717, 1.165) is 27.2 Å². The predicted molar refractivity (Wildman–Crippen MR) is 119 cm³/mol. The third kappa shape index (κ3) is 3.09. The molecule has 0 aliphatic carbocycles. The van der Waals surface area contributed by atoms with Crippen LogP contribution in [0.25, 0.3) is 32.9 Å². The number of nitrogens with one attached hydrogen (secondary N) is 1. The lowest BCUT2D eigenvalue weighted by molar-refractivity contribution is 0.102. The maximum atomic E-state index is 13.4. The summed E-state index contributed by atoms with van der Waals surface area (Å²) in [5.74, 6) is 0.388. The zero-order valence-electron chi connectivity index (χ0n) is 16.4. The Kier molecular flexibility index (Phi) is 4.44. The Morgan fingerprint density at radius 2 is 2.00 bits per heavy atom. The first-order valence-corrected chi connectivity index (χ1v) is 10.3. The summed E-state index contributed by atoms with van der Waals surface area (Å²) in [5.41, 5.74) is 4.24. The number of aromatic nitrogens is 3. The van der Waals surface area contributed by atoms with Gasteiger partial charge in [0, 0.05) is 23.2 Å². The van der Waals surface area contributed by atoms with Crippen molar-refractivity contribution in [2.24, 2.45) is 7.05 Å². The molecule has 0 atom stereocenters. The number of pyridine rings is 1. The molecule has 0 spiro atoms. The SMILES string of the molecule is Cc1nn(C)c2nc(-c3ccco3)cc(C(=O)Nc3ccccc3-c3cccs3)c12. The average molecular weight is 414 g/mol. The molecule has 0 fully saturated rings. The minimum Gasteiger partial charge on any atom is -0.463 e. The lowest BCUT2D eigenvalue weighted by Gasteiger charge is -2.11. The second kappa shape index (κ2) is 7.27. The number of fused-ring (bicyclic) bond motifs is 1. The summed E-state index contributed by atoms with van der Waals surface area (Å²) in [6.45, 7) is 1.88. The monoisotopic (exact) mass is 414 g/mol. The molecule has 5 rings (SSSR count). The zero-order valence-corrected chi connectivity index (χ0v) is 17.2. The first kappa shape index (κ1) is 18.3. The molecule has 4 aromatic heterocycles. The van der Waals surface area contributed by atoms with Gasteiger partial charge in [-0.1, -0.05) is 24.3 Å². The topological polar surface area (TPSA) is 73.0 Å². The van der Waals surface area contributed by atoms with E-state index in [0.29, 0.717) is 22.7 Å². The van der Waals surface area contributed by atoms with Gasteiger partial charge < -0.3 is 9.73 Å². The summed E-state index contributed by atoms with van der Waals surface area (Å²) in [7, 11) is 1.82. The Hall–Kier alpha value is -3.71. The third-order valence-corrected chi connectivity index (χ3v) is 5.85. The Morgan fingerprint density at radius 3 is 2.77 bits per heavy atom. The van der Waals surface area contributed by atoms with Crippen molar-refractivity contribution >= 4 is 34.0 Å². The van der Waals surface area contributed by atoms with Gasteiger partial charge in [0.2, 0.25) is 0 Å². The van der Waals surface area contributed by atoms with Gasteiger partial charge in [0.1, 0.15) is 5.69 Å². The van der Waals surface area contributed by atoms with Crippen LogP contribution in [-0.2, 0) is 7.05 Å². The number of anilines is 1. The fourth-order valence-corrected chi connectivity index (χ4v) is 4.37. The largest absolute Gasteiger partial charge is 0.463 e. The molecule has 0 aliphatic heterocycles. The Morgan fingerprint density at radius 1 is 1.13 bits per heavy atom. The number of amides is 1. The molecule has 7 heteroatoms. The lowest BCUT2D eigenvalue weighted by atomic mass is 10.1. The van der Waals surface area contributed by atoms with Gasteiger partial charge in [0.05, 0.1) is 22.9 Å². The number of aryl methyl sites for hydroxylation is 2. The highest BCUT2D eigenvalue weighted by molar-refractivity contribution is 7.13. The molecule has 0 saturated carbocycles. The van der Waals surface area contributed by atoms with Gasteiger partial charge in [-0.25, -0.2) is 4.98 Å². The molecule has 5 aromatic rings. The van der Waals surface area contributed by atoms with Crippen LogP contribution in [0, 0.1) is 6.92 Å². The van der Waals surface area contributed by atoms with E-state index in [4.69, 9.17) is 4.42 Å². The average Bonchev–Trinajstić information content (AvgIpc) is 3.50. The van der Waals surface area contributed by atoms with E-state index < -0.39 is 0 Å². The van der Waals surface area contributed by atoms with E-state index in [1.165, 1.54) is 0 Å². The van der Waals surface area contributed by atoms with E-state index in [9.17, 15) is 4.79 Å². The van der Waals surface area contributed by atoms with Crippen molar-refractivity contribution in [2.45, 2.75) is 6.92 Å². The van der Waals surface area contributed by atoms with Crippen molar-refractivity contribution in [3.63, 3.8) is 0 Å². The van der Waals surface area contributed by atoms with Gasteiger partial charge in [-0.05, 0) is 42.6 Å². The second-order valence-corrected chi connectivity index (χ2v) is 7.86. The summed E-state index contributed by atoms with van der Waals surface area (Å²) >= 11 is 1.64. The molecule has 1 amide bonds. The van der Waals surface area contributed by atoms with Crippen LogP contribution in [0.15, 0.2) is 70.7 Å². The standard InChI is InChI=1S/C23H18N4O2S/c1-14-21-16(13-18(19-9-5-11-29-19)24-22(21)27(2)26-14)23(28)25-17-8-4-3-7-15(17)20-10-6-12-30-20/h3-13H,1-2H3,(H,25,28). The second-order valence-electron chi connectivity index (χ2n) is 6.92. The number of carbonyl (C=O) groups is 1. The first-order valence-electron chi connectivity index (χ1n) is 9.44. The Balaban J connectivity index is 1.62. The Labute approximate surface area is 176 Å². The van der Waals surface area contributed by atoms with Crippen LogP contribution in [0.5, 0.6) is 0 Å². The van der Waals surface area contributed by atoms with E-state index in [1.54, 1.807) is 34.4 Å². The molecule has 30 heavy (non-hydrogen) atoms. The van der Waals surface area contributed by atoms with Gasteiger partial charge in [0.25, 0.3) is 5.91 Å². The maximum Gasteiger partial charge on any atom is 0.256 e. The number of rotatable bonds is 4. The minimum atomic E-state index is -0.213. The summed E-state index contributed by atoms with van der Waals surface area (Å²) in [4.78, 5) is 19.2. The highest BCUT2D eigenvalue weighted by Gasteiger charge is 2.21. The minimum absolute atomic E-state index is 0.213. The molecule has 148 valence electrons. The van der Waals surface area contributed by atoms with Crippen LogP contribution in [0.3, 0.4) is 0 Å². The van der Waals surface area contributed by atoms with Crippen LogP contribution in [-0.4, -0.2) is 20.7 Å². The molecule has 0 radical (unpaired) electrons. The number of benzene rings is 1. The molecular weight excluding hydrogens is 396 g/mol. The predicted octanol–water partition coefficient (Wildman–Crippen LogP) is 5.52. The van der Waals surface area contributed by atoms with Crippen LogP contribution in [0.4, 0.5) is 5.69 Å². The lowest BCUT2D eigenvalue weighted by Crippen LogP contribution is -2.14. The Bertz CT molecular complexity index is 1350. The normalized spacial score (nSPS) is 11.1. The summed E-state index contributed by atoms with van der Waals surface area (Å²) < 4.78 is 7.20. The number of nitrogens with zero attached hydrogens (tertiary/aromatic N) is 3. The maximum absolute atomic E-state index is 13.4. The van der Waals surface area contributed by atoms with E-state index in [1.807, 2.05) is 61.8 Å². The number of carbonyl (C=O) groups excluding carboxylic acids is 1. The molecule has 1 aromatic carbocycles. The highest BCUT2D eigenvalue weighted by atomic mass is 32.1. The third-order valence-electron chi connectivity index (χ3n) is 4.95. The zero-order chi connectivity index (χ0) is 20.7. The van der Waals surface area contributed by atoms with E-state index >= 15 is 0 Å². The van der Waals surface area contributed by atoms with Crippen molar-refractivity contribution < 1.29 is 9.21 Å². The smallest absolute Gasteiger partial charge is 0.256 e. The van der Waals surface area contributed by atoms with Crippen LogP contribution in [0.1, 0.15) is 16.1 Å². The number of furan rings is 1. The van der Waals surface area contributed by atoms with Gasteiger partial charge >= 0.3 is 0 Å². The van der Waals surface area contributed by atoms with Crippen molar-refractivity contribution in [1.29, 1.82) is 0 Å². The van der Waals surface area contributed by atoms with Crippen molar-refractivity contribution in [3.8, 4) is 21.9 Å². The van der Waals surface area contributed by atoms with Crippen LogP contribution >= 0.6 is 11.3 Å². The molecule has 0 saturated heterocycles. The number of thiophene rings is 1. The van der Waals surface area contributed by atoms with Crippen molar-refractivity contribution in [2.75, 3.05) is 5.32 Å². The number of para-hydroxylation sites is 1. The number of hydrogen-bond donors (Lipinski definition) is 1. The van der Waals surface area contributed by atoms with Crippen LogP contribution < -0.4 is 5.32 Å². The molecule has 0 unspecified atom stereocenters. The van der Waals surface area contributed by atoms with E-state index in [-0.39, 0.29) is 5.91 Å². The summed E-state index contributed by atoms with van der Waals surface area (Å²) in [5, 5.41) is 10.3. The van der Waals surface area contributed by atoms with Crippen molar-refractivity contribution in [3.05, 3.63) is 77.5 Å². The molecule has 4 heterocycles. The summed E-state index contributed by atoms with van der Waals surface area (Å²) in [6, 6.07) is 17.2. The van der Waals surface area contributed by atoms with Gasteiger partial charge in [-0.2, -0.15) is 5.10 Å². The van der Waals surface area contributed by atoms with Gasteiger partial charge in [-0.3, -0.25) is 9.48 Å². The van der Waals surface area contributed by atoms with Crippen molar-refractivity contribution in [1.82, 2.24) is 14.8 Å². The first-order chi connectivity index (χ1) is 14.6.